The summed E-state index contributed by atoms with van der Waals surface area (Å²) in [6.45, 7) is 9.31. The molecule has 1 aliphatic rings. The predicted molar refractivity (Wildman–Crippen MR) is 491 cm³/mol. The molecule has 3 heterocycles. The molecule has 1 aliphatic heterocycles. The predicted octanol–water partition coefficient (Wildman–Crippen LogP) is 37.5. The van der Waals surface area contributed by atoms with Crippen LogP contribution in [0.25, 0.3) is 32.0 Å². The lowest BCUT2D eigenvalue weighted by atomic mass is 10.0. The molecule has 0 fully saturated rings. The number of hydrogen-bond donors (Lipinski definition) is 0. The Bertz CT molecular complexity index is 2410. The van der Waals surface area contributed by atoms with Gasteiger partial charge in [0, 0.05) is 9.75 Å². The Labute approximate surface area is 681 Å². The van der Waals surface area contributed by atoms with Gasteiger partial charge in [-0.25, -0.2) is 0 Å². The van der Waals surface area contributed by atoms with Crippen molar-refractivity contribution in [2.45, 2.75) is 515 Å². The molecule has 5 heteroatoms. The number of rotatable bonds is 78. The van der Waals surface area contributed by atoms with Gasteiger partial charge >= 0.3 is 0 Å². The van der Waals surface area contributed by atoms with Crippen LogP contribution in [0, 0.1) is 0 Å². The van der Waals surface area contributed by atoms with E-state index in [-0.39, 0.29) is 0 Å². The van der Waals surface area contributed by atoms with E-state index in [1.165, 1.54) is 516 Å². The van der Waals surface area contributed by atoms with Crippen molar-refractivity contribution in [3.63, 3.8) is 0 Å². The summed E-state index contributed by atoms with van der Waals surface area (Å²) >= 11 is 12.4. The second-order valence-electron chi connectivity index (χ2n) is 34.5. The van der Waals surface area contributed by atoms with Crippen molar-refractivity contribution in [1.82, 2.24) is 0 Å². The minimum Gasteiger partial charge on any atom is -0.128 e. The molecule has 0 unspecified atom stereocenters. The normalized spacial score (nSPS) is 12.6. The van der Waals surface area contributed by atoms with Crippen LogP contribution >= 0.6 is 54.5 Å². The third-order valence-electron chi connectivity index (χ3n) is 25.0. The number of fused-ring (bicyclic) bond motifs is 3. The Morgan fingerprint density at radius 1 is 0.219 bits per heavy atom. The van der Waals surface area contributed by atoms with E-state index in [4.69, 9.17) is 0 Å². The third kappa shape index (κ3) is 43.7. The number of unbranched alkanes of at least 4 members (excludes halogenated alkanes) is 68. The summed E-state index contributed by atoms with van der Waals surface area (Å²) in [5, 5.41) is 3.59. The SMILES string of the molecule is CCCCCCCCCCCCCCCCCCCCc1cc(-c2ccc3c(c2)[Si](CCCCCCCCCCCCCCCCCCCC)(CCCCCCCCCCCCCCCCCCCC)c2cc(-c4cc(CCCCCCCCCCCCCCCCCCCC)c(Br)s4)ccc2-3)sc1Br. The van der Waals surface area contributed by atoms with Gasteiger partial charge in [0.2, 0.25) is 0 Å². The summed E-state index contributed by atoms with van der Waals surface area (Å²) in [7, 11) is -2.17. The van der Waals surface area contributed by atoms with Gasteiger partial charge in [-0.05, 0) is 126 Å². The molecule has 0 N–H and O–H groups in total. The number of aryl methyl sites for hydroxylation is 2. The van der Waals surface area contributed by atoms with Gasteiger partial charge in [-0.15, -0.1) is 22.7 Å². The number of thiophene rings is 2. The molecule has 0 saturated heterocycles. The zero-order valence-electron chi connectivity index (χ0n) is 70.4. The zero-order valence-corrected chi connectivity index (χ0v) is 76.2. The van der Waals surface area contributed by atoms with Gasteiger partial charge < -0.3 is 0 Å². The van der Waals surface area contributed by atoms with E-state index in [1.807, 2.05) is 22.7 Å². The van der Waals surface area contributed by atoms with Gasteiger partial charge in [0.15, 0.2) is 0 Å². The molecule has 105 heavy (non-hydrogen) atoms. The van der Waals surface area contributed by atoms with Crippen LogP contribution in [0.15, 0.2) is 56.1 Å². The van der Waals surface area contributed by atoms with Gasteiger partial charge in [-0.1, -0.05) is 514 Å². The minimum atomic E-state index is -2.17. The average Bonchev–Trinajstić information content (AvgIpc) is 1.56. The molecule has 4 aromatic rings. The number of benzene rings is 2. The Balaban J connectivity index is 1.21. The zero-order chi connectivity index (χ0) is 74.2. The van der Waals surface area contributed by atoms with Crippen LogP contribution in [-0.2, 0) is 12.8 Å². The molecule has 0 amide bonds. The summed E-state index contributed by atoms with van der Waals surface area (Å²) in [6.07, 6.45) is 106. The maximum absolute atomic E-state index is 4.17. The van der Waals surface area contributed by atoms with E-state index in [9.17, 15) is 0 Å². The summed E-state index contributed by atoms with van der Waals surface area (Å²) < 4.78 is 2.75. The quantitative estimate of drug-likeness (QED) is 0.0305. The fourth-order valence-corrected chi connectivity index (χ4v) is 27.2. The molecule has 0 saturated carbocycles. The van der Waals surface area contributed by atoms with Crippen molar-refractivity contribution in [2.24, 2.45) is 0 Å². The van der Waals surface area contributed by atoms with Crippen molar-refractivity contribution in [3.8, 4) is 32.0 Å². The largest absolute Gasteiger partial charge is 0.128 e. The fraction of sp³-hybridized carbons (Fsp3) is 0.800. The summed E-state index contributed by atoms with van der Waals surface area (Å²) in [4.78, 5) is 2.96. The monoisotopic (exact) mass is 1620 g/mol. The Hall–Kier alpha value is -0.983. The van der Waals surface area contributed by atoms with Crippen molar-refractivity contribution in [3.05, 3.63) is 67.2 Å². The molecule has 0 radical (unpaired) electrons. The lowest BCUT2D eigenvalue weighted by Gasteiger charge is -2.31. The molecule has 5 rings (SSSR count). The van der Waals surface area contributed by atoms with Crippen molar-refractivity contribution in [1.29, 1.82) is 0 Å². The van der Waals surface area contributed by atoms with Crippen molar-refractivity contribution >= 4 is 73.0 Å². The van der Waals surface area contributed by atoms with E-state index in [0.29, 0.717) is 0 Å². The minimum absolute atomic E-state index is 1.20. The highest BCUT2D eigenvalue weighted by atomic mass is 79.9. The van der Waals surface area contributed by atoms with Crippen LogP contribution in [-0.4, -0.2) is 8.07 Å². The first-order valence-electron chi connectivity index (χ1n) is 47.8. The molecule has 0 bridgehead atoms. The van der Waals surface area contributed by atoms with E-state index < -0.39 is 8.07 Å². The van der Waals surface area contributed by atoms with E-state index in [2.05, 4.69) is 108 Å². The molecule has 0 aliphatic carbocycles. The van der Waals surface area contributed by atoms with Gasteiger partial charge in [0.05, 0.1) is 7.57 Å². The summed E-state index contributed by atoms with van der Waals surface area (Å²) in [5.41, 5.74) is 9.23. The first kappa shape index (κ1) is 94.6. The molecule has 0 nitrogen and oxygen atoms in total. The Morgan fingerprint density at radius 3 is 0.600 bits per heavy atom. The van der Waals surface area contributed by atoms with Gasteiger partial charge in [0.1, 0.15) is 8.07 Å². The maximum atomic E-state index is 4.17. The molecule has 602 valence electrons. The first-order valence-corrected chi connectivity index (χ1v) is 53.5. The topological polar surface area (TPSA) is 0 Å². The van der Waals surface area contributed by atoms with Crippen LogP contribution in [0.2, 0.25) is 12.1 Å². The average molecular weight is 1630 g/mol. The second kappa shape index (κ2) is 66.5. The molecule has 0 spiro atoms. The molecule has 2 aromatic carbocycles. The van der Waals surface area contributed by atoms with Crippen LogP contribution in [0.5, 0.6) is 0 Å². The number of hydrogen-bond acceptors (Lipinski definition) is 2. The standard InChI is InChI=1S/C100H172Br2S2Si/c1-5-9-13-17-21-25-29-33-37-41-45-49-53-57-61-65-69-73-77-91-85-95(103-99(91)101)89-79-81-93-94-82-80-90(96-86-92(100(102)104-96)78-74-70-66-62-58-54-50-46-42-38-34-30-26-22-18-14-10-6-2)88-98(94)105(97(93)87-89,83-75-71-67-63-59-55-51-47-43-39-35-31-27-23-19-15-11-7-3)84-76-72-68-64-60-56-52-48-44-40-36-32-28-24-20-16-12-8-4/h79-82,85-88H,5-78,83-84H2,1-4H3. The van der Waals surface area contributed by atoms with E-state index in [0.717, 1.165) is 0 Å². The van der Waals surface area contributed by atoms with Crippen LogP contribution in [0.4, 0.5) is 0 Å². The lowest BCUT2D eigenvalue weighted by molar-refractivity contribution is 0.525. The van der Waals surface area contributed by atoms with Gasteiger partial charge in [-0.3, -0.25) is 0 Å². The van der Waals surface area contributed by atoms with E-state index in [1.54, 1.807) is 32.6 Å². The van der Waals surface area contributed by atoms with Gasteiger partial charge in [0.25, 0.3) is 0 Å². The van der Waals surface area contributed by atoms with Crippen molar-refractivity contribution < 1.29 is 0 Å². The highest BCUT2D eigenvalue weighted by Crippen LogP contribution is 2.43. The molecular weight excluding hydrogens is 1450 g/mol. The summed E-state index contributed by atoms with van der Waals surface area (Å²) in [5.74, 6) is 0. The first-order chi connectivity index (χ1) is 51.9. The second-order valence-corrected chi connectivity index (χ2v) is 43.4. The summed E-state index contributed by atoms with van der Waals surface area (Å²) in [6, 6.07) is 24.0. The highest BCUT2D eigenvalue weighted by Gasteiger charge is 2.45. The smallest absolute Gasteiger partial charge is 0.119 e. The Kier molecular flexibility index (Phi) is 59.9. The Morgan fingerprint density at radius 2 is 0.400 bits per heavy atom. The van der Waals surface area contributed by atoms with Crippen LogP contribution < -0.4 is 10.4 Å². The lowest BCUT2D eigenvalue weighted by Crippen LogP contribution is -2.55. The number of halogens is 2. The molecule has 0 atom stereocenters. The highest BCUT2D eigenvalue weighted by molar-refractivity contribution is 9.11. The third-order valence-corrected chi connectivity index (χ3v) is 34.3. The fourth-order valence-electron chi connectivity index (χ4n) is 18.0. The maximum Gasteiger partial charge on any atom is 0.119 e. The van der Waals surface area contributed by atoms with E-state index >= 15 is 0 Å². The van der Waals surface area contributed by atoms with Gasteiger partial charge in [-0.2, -0.15) is 0 Å². The van der Waals surface area contributed by atoms with Crippen molar-refractivity contribution in [2.75, 3.05) is 0 Å². The van der Waals surface area contributed by atoms with Crippen LogP contribution in [0.1, 0.15) is 501 Å². The molecule has 2 aromatic heterocycles. The van der Waals surface area contributed by atoms with Crippen LogP contribution in [0.3, 0.4) is 0 Å². The molecular formula is C100H172Br2S2Si.